The first-order valence-corrected chi connectivity index (χ1v) is 7.44. The molecule has 0 unspecified atom stereocenters. The van der Waals surface area contributed by atoms with Crippen molar-refractivity contribution in [2.75, 3.05) is 0 Å². The molecule has 4 nitrogen and oxygen atoms in total. The predicted molar refractivity (Wildman–Crippen MR) is 86.8 cm³/mol. The standard InChI is InChI=1S/C13H10Cl4N2O2/c1-5(2)9-11(17)18-13(21)19(12(9)20)10-7(15)3-6(14)4-8(10)16/h3-5H,1-2H3,(H,18,21). The third kappa shape index (κ3) is 2.99. The molecule has 0 atom stereocenters. The number of rotatable bonds is 2. The lowest BCUT2D eigenvalue weighted by atomic mass is 10.1. The maximum Gasteiger partial charge on any atom is 0.334 e. The third-order valence-corrected chi connectivity index (χ3v) is 3.96. The molecule has 0 amide bonds. The van der Waals surface area contributed by atoms with Crippen LogP contribution >= 0.6 is 46.4 Å². The number of hydrogen-bond donors (Lipinski definition) is 1. The van der Waals surface area contributed by atoms with E-state index in [0.29, 0.717) is 5.02 Å². The van der Waals surface area contributed by atoms with Gasteiger partial charge in [0.25, 0.3) is 5.56 Å². The lowest BCUT2D eigenvalue weighted by Gasteiger charge is -2.13. The van der Waals surface area contributed by atoms with Gasteiger partial charge in [0, 0.05) is 5.02 Å². The van der Waals surface area contributed by atoms with Crippen LogP contribution in [-0.2, 0) is 0 Å². The molecule has 8 heteroatoms. The summed E-state index contributed by atoms with van der Waals surface area (Å²) in [7, 11) is 0. The van der Waals surface area contributed by atoms with E-state index in [1.54, 1.807) is 13.8 Å². The Bertz CT molecular complexity index is 801. The van der Waals surface area contributed by atoms with Crippen LogP contribution < -0.4 is 11.2 Å². The Hall–Kier alpha value is -0.940. The highest BCUT2D eigenvalue weighted by atomic mass is 35.5. The van der Waals surface area contributed by atoms with Gasteiger partial charge in [0.1, 0.15) is 5.15 Å². The van der Waals surface area contributed by atoms with E-state index >= 15 is 0 Å². The highest BCUT2D eigenvalue weighted by molar-refractivity contribution is 6.40. The van der Waals surface area contributed by atoms with E-state index in [1.165, 1.54) is 12.1 Å². The minimum atomic E-state index is -0.722. The Kier molecular flexibility index (Phi) is 4.73. The van der Waals surface area contributed by atoms with E-state index in [1.807, 2.05) is 0 Å². The van der Waals surface area contributed by atoms with Crippen molar-refractivity contribution in [2.24, 2.45) is 0 Å². The highest BCUT2D eigenvalue weighted by Gasteiger charge is 2.20. The zero-order valence-electron chi connectivity index (χ0n) is 11.0. The summed E-state index contributed by atoms with van der Waals surface area (Å²) < 4.78 is 0.863. The molecule has 0 aliphatic carbocycles. The van der Waals surface area contributed by atoms with Crippen molar-refractivity contribution in [2.45, 2.75) is 19.8 Å². The number of halogens is 4. The van der Waals surface area contributed by atoms with Crippen molar-refractivity contribution in [1.29, 1.82) is 0 Å². The zero-order chi connectivity index (χ0) is 15.9. The number of aromatic amines is 1. The number of aromatic nitrogens is 2. The van der Waals surface area contributed by atoms with Gasteiger partial charge in [-0.15, -0.1) is 0 Å². The van der Waals surface area contributed by atoms with Gasteiger partial charge in [0.05, 0.1) is 21.3 Å². The summed E-state index contributed by atoms with van der Waals surface area (Å²) in [5.41, 5.74) is -0.934. The second-order valence-electron chi connectivity index (χ2n) is 4.67. The Balaban J connectivity index is 2.93. The number of nitrogens with zero attached hydrogens (tertiary/aromatic N) is 1. The monoisotopic (exact) mass is 366 g/mol. The second kappa shape index (κ2) is 6.05. The molecule has 0 radical (unpaired) electrons. The van der Waals surface area contributed by atoms with Gasteiger partial charge in [-0.3, -0.25) is 9.78 Å². The van der Waals surface area contributed by atoms with Gasteiger partial charge in [-0.1, -0.05) is 60.3 Å². The van der Waals surface area contributed by atoms with Gasteiger partial charge in [-0.25, -0.2) is 9.36 Å². The number of hydrogen-bond acceptors (Lipinski definition) is 2. The van der Waals surface area contributed by atoms with E-state index in [-0.39, 0.29) is 32.4 Å². The molecule has 0 aliphatic heterocycles. The van der Waals surface area contributed by atoms with E-state index in [9.17, 15) is 9.59 Å². The van der Waals surface area contributed by atoms with E-state index in [2.05, 4.69) is 4.98 Å². The van der Waals surface area contributed by atoms with Crippen LogP contribution in [0.25, 0.3) is 5.69 Å². The molecule has 21 heavy (non-hydrogen) atoms. The van der Waals surface area contributed by atoms with E-state index in [0.717, 1.165) is 4.57 Å². The summed E-state index contributed by atoms with van der Waals surface area (Å²) in [6.07, 6.45) is 0. The lowest BCUT2D eigenvalue weighted by Crippen LogP contribution is -2.36. The first kappa shape index (κ1) is 16.4. The first-order chi connectivity index (χ1) is 9.73. The zero-order valence-corrected chi connectivity index (χ0v) is 14.0. The SMILES string of the molecule is CC(C)c1c(Cl)[nH]c(=O)n(-c2c(Cl)cc(Cl)cc2Cl)c1=O. The summed E-state index contributed by atoms with van der Waals surface area (Å²) in [5, 5.41) is 0.503. The molecule has 1 N–H and O–H groups in total. The number of nitrogens with one attached hydrogen (secondary N) is 1. The Labute approximate surface area is 140 Å². The van der Waals surface area contributed by atoms with Crippen molar-refractivity contribution in [3.63, 3.8) is 0 Å². The summed E-state index contributed by atoms with van der Waals surface area (Å²) in [5.74, 6) is -0.182. The second-order valence-corrected chi connectivity index (χ2v) is 6.30. The van der Waals surface area contributed by atoms with Crippen LogP contribution in [0.4, 0.5) is 0 Å². The number of H-pyrrole nitrogens is 1. The molecule has 1 heterocycles. The Morgan fingerprint density at radius 2 is 1.57 bits per heavy atom. The summed E-state index contributed by atoms with van der Waals surface area (Å²) in [6, 6.07) is 2.81. The maximum atomic E-state index is 12.6. The Morgan fingerprint density at radius 3 is 2.05 bits per heavy atom. The van der Waals surface area contributed by atoms with Gasteiger partial charge in [-0.05, 0) is 18.1 Å². The van der Waals surface area contributed by atoms with Crippen molar-refractivity contribution in [1.82, 2.24) is 9.55 Å². The smallest absolute Gasteiger partial charge is 0.297 e. The molecule has 1 aromatic heterocycles. The van der Waals surface area contributed by atoms with E-state index < -0.39 is 11.2 Å². The van der Waals surface area contributed by atoms with Crippen molar-refractivity contribution in [3.8, 4) is 5.69 Å². The Morgan fingerprint density at radius 1 is 1.05 bits per heavy atom. The van der Waals surface area contributed by atoms with Crippen LogP contribution in [0.3, 0.4) is 0 Å². The first-order valence-electron chi connectivity index (χ1n) is 5.93. The van der Waals surface area contributed by atoms with Gasteiger partial charge in [0.15, 0.2) is 0 Å². The van der Waals surface area contributed by atoms with Crippen LogP contribution in [0.15, 0.2) is 21.7 Å². The molecule has 0 aliphatic rings. The van der Waals surface area contributed by atoms with Crippen LogP contribution in [0.5, 0.6) is 0 Å². The molecule has 0 spiro atoms. The predicted octanol–water partition coefficient (Wildman–Crippen LogP) is 4.26. The van der Waals surface area contributed by atoms with Crippen LogP contribution in [0.2, 0.25) is 20.2 Å². The van der Waals surface area contributed by atoms with Gasteiger partial charge >= 0.3 is 5.69 Å². The molecule has 112 valence electrons. The van der Waals surface area contributed by atoms with Crippen molar-refractivity contribution in [3.05, 3.63) is 58.8 Å². The highest BCUT2D eigenvalue weighted by Crippen LogP contribution is 2.31. The van der Waals surface area contributed by atoms with Crippen LogP contribution in [0.1, 0.15) is 25.3 Å². The molecule has 0 saturated heterocycles. The van der Waals surface area contributed by atoms with Crippen molar-refractivity contribution < 1.29 is 0 Å². The molecular weight excluding hydrogens is 358 g/mol. The molecule has 2 aromatic rings. The molecular formula is C13H10Cl4N2O2. The van der Waals surface area contributed by atoms with Gasteiger partial charge < -0.3 is 0 Å². The summed E-state index contributed by atoms with van der Waals surface area (Å²) in [6.45, 7) is 3.58. The van der Waals surface area contributed by atoms with Gasteiger partial charge in [-0.2, -0.15) is 0 Å². The fraction of sp³-hybridized carbons (Fsp3) is 0.231. The third-order valence-electron chi connectivity index (χ3n) is 2.87. The van der Waals surface area contributed by atoms with Gasteiger partial charge in [0.2, 0.25) is 0 Å². The van der Waals surface area contributed by atoms with Crippen LogP contribution in [-0.4, -0.2) is 9.55 Å². The largest absolute Gasteiger partial charge is 0.334 e. The lowest BCUT2D eigenvalue weighted by molar-refractivity contribution is 0.777. The van der Waals surface area contributed by atoms with Crippen molar-refractivity contribution >= 4 is 46.4 Å². The molecule has 1 aromatic carbocycles. The number of benzene rings is 1. The summed E-state index contributed by atoms with van der Waals surface area (Å²) >= 11 is 23.9. The summed E-state index contributed by atoms with van der Waals surface area (Å²) in [4.78, 5) is 27.1. The normalized spacial score (nSPS) is 11.2. The molecule has 2 rings (SSSR count). The average molecular weight is 368 g/mol. The van der Waals surface area contributed by atoms with E-state index in [4.69, 9.17) is 46.4 Å². The maximum absolute atomic E-state index is 12.6. The fourth-order valence-electron chi connectivity index (χ4n) is 1.98. The minimum Gasteiger partial charge on any atom is -0.297 e. The fourth-order valence-corrected chi connectivity index (χ4v) is 3.34. The average Bonchev–Trinajstić information content (AvgIpc) is 2.30. The topological polar surface area (TPSA) is 54.9 Å². The minimum absolute atomic E-state index is 0.0115. The van der Waals surface area contributed by atoms with Crippen LogP contribution in [0, 0.1) is 0 Å². The molecule has 0 fully saturated rings. The molecule has 0 bridgehead atoms. The molecule has 0 saturated carbocycles. The quantitative estimate of drug-likeness (QED) is 0.806.